The topological polar surface area (TPSA) is 75.2 Å². The Kier molecular flexibility index (Phi) is 4.72. The van der Waals surface area contributed by atoms with Gasteiger partial charge in [-0.25, -0.2) is 23.1 Å². The first-order chi connectivity index (χ1) is 9.35. The number of hydrogen-bond donors (Lipinski definition) is 1. The molecule has 112 valence electrons. The van der Waals surface area contributed by atoms with E-state index < -0.39 is 10.0 Å². The van der Waals surface area contributed by atoms with Crippen molar-refractivity contribution in [2.75, 3.05) is 19.3 Å². The van der Waals surface area contributed by atoms with Crippen LogP contribution < -0.4 is 4.72 Å². The van der Waals surface area contributed by atoms with Crippen molar-refractivity contribution in [3.05, 3.63) is 24.3 Å². The summed E-state index contributed by atoms with van der Waals surface area (Å²) in [7, 11) is -3.17. The third kappa shape index (κ3) is 4.22. The zero-order chi connectivity index (χ0) is 14.8. The fraction of sp³-hybridized carbons (Fsp3) is 0.692. The van der Waals surface area contributed by atoms with Gasteiger partial charge in [0.05, 0.1) is 6.26 Å². The van der Waals surface area contributed by atoms with Gasteiger partial charge in [0, 0.05) is 43.6 Å². The molecule has 2 rings (SSSR count). The van der Waals surface area contributed by atoms with Gasteiger partial charge >= 0.3 is 0 Å². The summed E-state index contributed by atoms with van der Waals surface area (Å²) < 4.78 is 25.7. The van der Waals surface area contributed by atoms with E-state index >= 15 is 0 Å². The van der Waals surface area contributed by atoms with Crippen LogP contribution in [0.2, 0.25) is 0 Å². The highest BCUT2D eigenvalue weighted by Gasteiger charge is 2.36. The average molecular weight is 298 g/mol. The highest BCUT2D eigenvalue weighted by Crippen LogP contribution is 2.25. The first-order valence-corrected chi connectivity index (χ1v) is 8.68. The minimum atomic E-state index is -3.17. The minimum Gasteiger partial charge on any atom is -0.297 e. The summed E-state index contributed by atoms with van der Waals surface area (Å²) >= 11 is 0. The summed E-state index contributed by atoms with van der Waals surface area (Å²) in [4.78, 5) is 10.3. The second-order valence-corrected chi connectivity index (χ2v) is 7.63. The SMILES string of the molecule is CC(C)[C@@H]1CN(Cc2cncnc2)C[C@H]1NS(C)(=O)=O. The molecule has 0 saturated carbocycles. The van der Waals surface area contributed by atoms with Crippen LogP contribution in [0, 0.1) is 11.8 Å². The predicted molar refractivity (Wildman–Crippen MR) is 77.4 cm³/mol. The van der Waals surface area contributed by atoms with E-state index in [1.807, 2.05) is 0 Å². The van der Waals surface area contributed by atoms with Crippen molar-refractivity contribution in [1.82, 2.24) is 19.6 Å². The van der Waals surface area contributed by atoms with Crippen LogP contribution in [0.25, 0.3) is 0 Å². The summed E-state index contributed by atoms with van der Waals surface area (Å²) in [6.07, 6.45) is 6.33. The Hall–Kier alpha value is -1.05. The molecular weight excluding hydrogens is 276 g/mol. The molecule has 0 aliphatic carbocycles. The summed E-state index contributed by atoms with van der Waals surface area (Å²) in [6.45, 7) is 6.64. The van der Waals surface area contributed by atoms with Crippen LogP contribution in [0.3, 0.4) is 0 Å². The quantitative estimate of drug-likeness (QED) is 0.856. The smallest absolute Gasteiger partial charge is 0.209 e. The highest BCUT2D eigenvalue weighted by molar-refractivity contribution is 7.88. The number of aromatic nitrogens is 2. The Morgan fingerprint density at radius 1 is 1.35 bits per heavy atom. The molecule has 7 heteroatoms. The van der Waals surface area contributed by atoms with E-state index in [1.165, 1.54) is 12.6 Å². The number of sulfonamides is 1. The lowest BCUT2D eigenvalue weighted by Crippen LogP contribution is -2.41. The second kappa shape index (κ2) is 6.15. The minimum absolute atomic E-state index is 0.0189. The molecule has 0 amide bonds. The van der Waals surface area contributed by atoms with Gasteiger partial charge in [-0.15, -0.1) is 0 Å². The van der Waals surface area contributed by atoms with E-state index in [1.54, 1.807) is 12.4 Å². The monoisotopic (exact) mass is 298 g/mol. The molecule has 1 aliphatic rings. The molecule has 1 saturated heterocycles. The molecule has 0 radical (unpaired) electrons. The standard InChI is InChI=1S/C13H22N4O2S/c1-10(2)12-7-17(6-11-4-14-9-15-5-11)8-13(12)16-20(3,18)19/h4-5,9-10,12-13,16H,6-8H2,1-3H3/t12-,13+/m0/s1. The van der Waals surface area contributed by atoms with E-state index in [9.17, 15) is 8.42 Å². The number of likely N-dealkylation sites (tertiary alicyclic amines) is 1. The van der Waals surface area contributed by atoms with E-state index in [-0.39, 0.29) is 6.04 Å². The molecule has 20 heavy (non-hydrogen) atoms. The Morgan fingerprint density at radius 3 is 2.55 bits per heavy atom. The molecule has 2 atom stereocenters. The Morgan fingerprint density at radius 2 is 2.00 bits per heavy atom. The van der Waals surface area contributed by atoms with Crippen LogP contribution in [-0.2, 0) is 16.6 Å². The maximum Gasteiger partial charge on any atom is 0.209 e. The van der Waals surface area contributed by atoms with Crippen LogP contribution >= 0.6 is 0 Å². The number of nitrogens with one attached hydrogen (secondary N) is 1. The normalized spacial score (nSPS) is 24.4. The van der Waals surface area contributed by atoms with Crippen LogP contribution in [-0.4, -0.2) is 48.7 Å². The van der Waals surface area contributed by atoms with Crippen molar-refractivity contribution < 1.29 is 8.42 Å². The molecular formula is C13H22N4O2S. The lowest BCUT2D eigenvalue weighted by molar-refractivity contribution is 0.295. The van der Waals surface area contributed by atoms with Crippen LogP contribution in [0.4, 0.5) is 0 Å². The summed E-state index contributed by atoms with van der Waals surface area (Å²) in [6, 6.07) is -0.0189. The van der Waals surface area contributed by atoms with Gasteiger partial charge in [0.25, 0.3) is 0 Å². The third-order valence-corrected chi connectivity index (χ3v) is 4.41. The van der Waals surface area contributed by atoms with Crippen molar-refractivity contribution in [1.29, 1.82) is 0 Å². The highest BCUT2D eigenvalue weighted by atomic mass is 32.2. The third-order valence-electron chi connectivity index (χ3n) is 3.68. The fourth-order valence-corrected chi connectivity index (χ4v) is 3.59. The molecule has 0 aromatic carbocycles. The summed E-state index contributed by atoms with van der Waals surface area (Å²) in [5.74, 6) is 0.764. The van der Waals surface area contributed by atoms with Gasteiger partial charge in [-0.1, -0.05) is 13.8 Å². The first-order valence-electron chi connectivity index (χ1n) is 6.78. The molecule has 2 heterocycles. The predicted octanol–water partition coefficient (Wildman–Crippen LogP) is 0.482. The molecule has 1 aromatic heterocycles. The number of rotatable bonds is 5. The van der Waals surface area contributed by atoms with Gasteiger partial charge < -0.3 is 0 Å². The zero-order valence-electron chi connectivity index (χ0n) is 12.2. The van der Waals surface area contributed by atoms with E-state index in [0.29, 0.717) is 11.8 Å². The van der Waals surface area contributed by atoms with Crippen molar-refractivity contribution >= 4 is 10.0 Å². The van der Waals surface area contributed by atoms with Gasteiger partial charge in [-0.3, -0.25) is 4.90 Å². The molecule has 1 N–H and O–H groups in total. The maximum absolute atomic E-state index is 11.5. The molecule has 1 aromatic rings. The van der Waals surface area contributed by atoms with Gasteiger partial charge in [0.15, 0.2) is 0 Å². The first kappa shape index (κ1) is 15.3. The van der Waals surface area contributed by atoms with Crippen LogP contribution in [0.15, 0.2) is 18.7 Å². The molecule has 0 spiro atoms. The second-order valence-electron chi connectivity index (χ2n) is 5.85. The fourth-order valence-electron chi connectivity index (χ4n) is 2.79. The van der Waals surface area contributed by atoms with E-state index in [4.69, 9.17) is 0 Å². The Labute approximate surface area is 120 Å². The van der Waals surface area contributed by atoms with E-state index in [0.717, 1.165) is 25.2 Å². The molecule has 1 fully saturated rings. The van der Waals surface area contributed by atoms with Crippen LogP contribution in [0.5, 0.6) is 0 Å². The Balaban J connectivity index is 2.04. The lowest BCUT2D eigenvalue weighted by atomic mass is 9.92. The molecule has 0 bridgehead atoms. The number of hydrogen-bond acceptors (Lipinski definition) is 5. The van der Waals surface area contributed by atoms with Gasteiger partial charge in [0.1, 0.15) is 6.33 Å². The summed E-state index contributed by atoms with van der Waals surface area (Å²) in [5, 5.41) is 0. The van der Waals surface area contributed by atoms with Crippen molar-refractivity contribution in [2.24, 2.45) is 11.8 Å². The van der Waals surface area contributed by atoms with Gasteiger partial charge in [0.2, 0.25) is 10.0 Å². The van der Waals surface area contributed by atoms with Gasteiger partial charge in [-0.05, 0) is 11.8 Å². The van der Waals surface area contributed by atoms with Gasteiger partial charge in [-0.2, -0.15) is 0 Å². The lowest BCUT2D eigenvalue weighted by Gasteiger charge is -2.21. The molecule has 0 unspecified atom stereocenters. The molecule has 1 aliphatic heterocycles. The maximum atomic E-state index is 11.5. The van der Waals surface area contributed by atoms with Crippen molar-refractivity contribution in [2.45, 2.75) is 26.4 Å². The van der Waals surface area contributed by atoms with E-state index in [2.05, 4.69) is 33.4 Å². The van der Waals surface area contributed by atoms with Crippen molar-refractivity contribution in [3.63, 3.8) is 0 Å². The van der Waals surface area contributed by atoms with Crippen LogP contribution in [0.1, 0.15) is 19.4 Å². The van der Waals surface area contributed by atoms with Crippen molar-refractivity contribution in [3.8, 4) is 0 Å². The summed E-state index contributed by atoms with van der Waals surface area (Å²) in [5.41, 5.74) is 1.05. The molecule has 6 nitrogen and oxygen atoms in total. The average Bonchev–Trinajstić information content (AvgIpc) is 2.71. The number of nitrogens with zero attached hydrogens (tertiary/aromatic N) is 3. The zero-order valence-corrected chi connectivity index (χ0v) is 13.0. The Bertz CT molecular complexity index is 533. The largest absolute Gasteiger partial charge is 0.297 e.